The van der Waals surface area contributed by atoms with Crippen LogP contribution in [0.3, 0.4) is 0 Å². The summed E-state index contributed by atoms with van der Waals surface area (Å²) >= 11 is 0. The minimum absolute atomic E-state index is 0.0162. The van der Waals surface area contributed by atoms with E-state index in [9.17, 15) is 8.42 Å². The fraction of sp³-hybridized carbons (Fsp3) is 0.625. The fourth-order valence-electron chi connectivity index (χ4n) is 1.21. The maximum Gasteiger partial charge on any atom is 0.289 e. The first-order valence-corrected chi connectivity index (χ1v) is 5.85. The van der Waals surface area contributed by atoms with Crippen LogP contribution in [0.25, 0.3) is 0 Å². The van der Waals surface area contributed by atoms with Crippen molar-refractivity contribution in [1.29, 1.82) is 0 Å². The topological polar surface area (TPSA) is 78.8 Å². The molecule has 1 aliphatic heterocycles. The molecule has 0 aromatic carbocycles. The van der Waals surface area contributed by atoms with Gasteiger partial charge in [0.1, 0.15) is 0 Å². The van der Waals surface area contributed by atoms with Gasteiger partial charge in [-0.3, -0.25) is 14.9 Å². The van der Waals surface area contributed by atoms with Crippen LogP contribution >= 0.6 is 0 Å². The monoisotopic (exact) mass is 218 g/mol. The van der Waals surface area contributed by atoms with Gasteiger partial charge in [0.25, 0.3) is 10.1 Å². The quantitative estimate of drug-likeness (QED) is 0.661. The zero-order valence-corrected chi connectivity index (χ0v) is 8.79. The van der Waals surface area contributed by atoms with Crippen LogP contribution in [0.1, 0.15) is 13.3 Å². The van der Waals surface area contributed by atoms with Crippen LogP contribution in [0.5, 0.6) is 0 Å². The molecule has 0 fully saturated rings. The van der Waals surface area contributed by atoms with Gasteiger partial charge in [-0.2, -0.15) is 8.42 Å². The smallest absolute Gasteiger partial charge is 0.289 e. The molecule has 0 amide bonds. The second-order valence-corrected chi connectivity index (χ2v) is 4.82. The number of nitrogens with one attached hydrogen (secondary N) is 1. The maximum absolute atomic E-state index is 11.2. The van der Waals surface area contributed by atoms with Gasteiger partial charge in [-0.05, 0) is 25.1 Å². The summed E-state index contributed by atoms with van der Waals surface area (Å²) < 4.78 is 31.5. The molecule has 0 spiro atoms. The summed E-state index contributed by atoms with van der Waals surface area (Å²) in [6.07, 6.45) is 5.23. The van der Waals surface area contributed by atoms with Gasteiger partial charge in [-0.1, -0.05) is 6.92 Å². The van der Waals surface area contributed by atoms with E-state index < -0.39 is 15.0 Å². The lowest BCUT2D eigenvalue weighted by atomic mass is 10.2. The molecule has 0 saturated carbocycles. The molecule has 6 heteroatoms. The van der Waals surface area contributed by atoms with Crippen LogP contribution in [0.15, 0.2) is 17.1 Å². The lowest BCUT2D eigenvalue weighted by molar-refractivity contribution is 0.415. The van der Waals surface area contributed by atoms with Crippen molar-refractivity contribution in [2.45, 2.75) is 18.2 Å². The lowest BCUT2D eigenvalue weighted by Crippen LogP contribution is -2.53. The molecule has 1 rings (SSSR count). The molecule has 1 unspecified atom stereocenters. The van der Waals surface area contributed by atoms with Gasteiger partial charge >= 0.3 is 0 Å². The van der Waals surface area contributed by atoms with E-state index in [1.807, 2.05) is 6.92 Å². The molecule has 14 heavy (non-hydrogen) atoms. The van der Waals surface area contributed by atoms with E-state index >= 15 is 0 Å². The summed E-state index contributed by atoms with van der Waals surface area (Å²) in [4.78, 5) is 2.40. The van der Waals surface area contributed by atoms with Crippen LogP contribution in [-0.2, 0) is 10.1 Å². The number of dihydropyridines is 1. The van der Waals surface area contributed by atoms with Gasteiger partial charge in [0.2, 0.25) is 0 Å². The standard InChI is InChI=1S/C8H14N2O3S/c1-2-5-10-8(14(11,12)13)4-3-6-9-7-8/h3-4,6,10H,2,5,7H2,1H3,(H,11,12,13). The zero-order valence-electron chi connectivity index (χ0n) is 7.97. The van der Waals surface area contributed by atoms with E-state index in [0.29, 0.717) is 6.54 Å². The SMILES string of the molecule is CCCNC1(S(=O)(=O)O)C=CC=NC1. The number of allylic oxidation sites excluding steroid dienone is 1. The summed E-state index contributed by atoms with van der Waals surface area (Å²) in [6, 6.07) is 0. The number of rotatable bonds is 4. The second kappa shape index (κ2) is 4.20. The van der Waals surface area contributed by atoms with E-state index in [0.717, 1.165) is 6.42 Å². The van der Waals surface area contributed by atoms with Gasteiger partial charge in [0, 0.05) is 6.21 Å². The van der Waals surface area contributed by atoms with E-state index in [1.54, 1.807) is 0 Å². The molecule has 0 radical (unpaired) electrons. The Labute approximate surface area is 83.7 Å². The molecule has 0 bridgehead atoms. The first-order chi connectivity index (χ1) is 6.52. The molecule has 5 nitrogen and oxygen atoms in total. The highest BCUT2D eigenvalue weighted by Crippen LogP contribution is 2.17. The van der Waals surface area contributed by atoms with Crippen molar-refractivity contribution in [2.24, 2.45) is 4.99 Å². The lowest BCUT2D eigenvalue weighted by Gasteiger charge is -2.28. The van der Waals surface area contributed by atoms with E-state index in [2.05, 4.69) is 10.3 Å². The zero-order chi connectivity index (χ0) is 10.7. The molecule has 0 aliphatic carbocycles. The molecule has 1 heterocycles. The summed E-state index contributed by atoms with van der Waals surface area (Å²) in [7, 11) is -4.17. The first-order valence-electron chi connectivity index (χ1n) is 4.41. The van der Waals surface area contributed by atoms with Crippen molar-refractivity contribution in [3.63, 3.8) is 0 Å². The van der Waals surface area contributed by atoms with Gasteiger partial charge in [-0.25, -0.2) is 0 Å². The Kier molecular flexibility index (Phi) is 3.41. The number of hydrogen-bond donors (Lipinski definition) is 2. The van der Waals surface area contributed by atoms with E-state index in [1.165, 1.54) is 18.4 Å². The van der Waals surface area contributed by atoms with Gasteiger partial charge in [0.15, 0.2) is 4.87 Å². The third-order valence-electron chi connectivity index (χ3n) is 2.02. The normalized spacial score (nSPS) is 26.7. The highest BCUT2D eigenvalue weighted by Gasteiger charge is 2.40. The van der Waals surface area contributed by atoms with Crippen molar-refractivity contribution in [3.05, 3.63) is 12.2 Å². The Morgan fingerprint density at radius 1 is 1.64 bits per heavy atom. The van der Waals surface area contributed by atoms with Crippen molar-refractivity contribution in [1.82, 2.24) is 5.32 Å². The highest BCUT2D eigenvalue weighted by molar-refractivity contribution is 7.87. The van der Waals surface area contributed by atoms with Crippen LogP contribution in [0.4, 0.5) is 0 Å². The van der Waals surface area contributed by atoms with Crippen molar-refractivity contribution < 1.29 is 13.0 Å². The predicted molar refractivity (Wildman–Crippen MR) is 55.1 cm³/mol. The van der Waals surface area contributed by atoms with Crippen molar-refractivity contribution >= 4 is 16.3 Å². The van der Waals surface area contributed by atoms with E-state index in [-0.39, 0.29) is 6.54 Å². The Bertz CT molecular complexity index is 348. The molecular formula is C8H14N2O3S. The number of aliphatic imine (C=N–C) groups is 1. The first kappa shape index (κ1) is 11.4. The summed E-state index contributed by atoms with van der Waals surface area (Å²) in [5, 5.41) is 2.79. The fourth-order valence-corrected chi connectivity index (χ4v) is 1.98. The summed E-state index contributed by atoms with van der Waals surface area (Å²) in [5.41, 5.74) is 0. The largest absolute Gasteiger partial charge is 0.292 e. The minimum Gasteiger partial charge on any atom is -0.292 e. The molecule has 2 N–H and O–H groups in total. The van der Waals surface area contributed by atoms with Gasteiger partial charge in [-0.15, -0.1) is 0 Å². The highest BCUT2D eigenvalue weighted by atomic mass is 32.2. The third-order valence-corrected chi connectivity index (χ3v) is 3.35. The molecule has 0 aromatic rings. The van der Waals surface area contributed by atoms with Crippen molar-refractivity contribution in [3.8, 4) is 0 Å². The molecule has 0 saturated heterocycles. The molecule has 0 aromatic heterocycles. The Morgan fingerprint density at radius 2 is 2.36 bits per heavy atom. The molecule has 80 valence electrons. The van der Waals surface area contributed by atoms with Crippen LogP contribution < -0.4 is 5.32 Å². The molecule has 1 atom stereocenters. The van der Waals surface area contributed by atoms with Crippen LogP contribution in [0, 0.1) is 0 Å². The summed E-state index contributed by atoms with van der Waals surface area (Å²) in [6.45, 7) is 2.45. The average molecular weight is 218 g/mol. The predicted octanol–water partition coefficient (Wildman–Crippen LogP) is 0.211. The Balaban J connectivity index is 2.92. The van der Waals surface area contributed by atoms with E-state index in [4.69, 9.17) is 4.55 Å². The minimum atomic E-state index is -4.17. The van der Waals surface area contributed by atoms with Gasteiger partial charge in [0.05, 0.1) is 6.54 Å². The third kappa shape index (κ3) is 2.20. The second-order valence-electron chi connectivity index (χ2n) is 3.14. The number of nitrogens with zero attached hydrogens (tertiary/aromatic N) is 1. The average Bonchev–Trinajstić information content (AvgIpc) is 2.14. The van der Waals surface area contributed by atoms with Crippen molar-refractivity contribution in [2.75, 3.05) is 13.1 Å². The Morgan fingerprint density at radius 3 is 2.79 bits per heavy atom. The van der Waals surface area contributed by atoms with Crippen LogP contribution in [-0.4, -0.2) is 37.1 Å². The summed E-state index contributed by atoms with van der Waals surface area (Å²) in [5.74, 6) is 0. The molecular weight excluding hydrogens is 204 g/mol. The molecule has 1 aliphatic rings. The van der Waals surface area contributed by atoms with Crippen LogP contribution in [0.2, 0.25) is 0 Å². The maximum atomic E-state index is 11.2. The van der Waals surface area contributed by atoms with Gasteiger partial charge < -0.3 is 0 Å². The Hall–Kier alpha value is -0.720. The number of hydrogen-bond acceptors (Lipinski definition) is 4.